The smallest absolute Gasteiger partial charge is 0.160 e. The van der Waals surface area contributed by atoms with Gasteiger partial charge in [0.05, 0.1) is 34.2 Å². The van der Waals surface area contributed by atoms with Crippen LogP contribution in [0.2, 0.25) is 0 Å². The number of aromatic nitrogens is 7. The number of pyridine rings is 1. The quantitative estimate of drug-likeness (QED) is 0.120. The second kappa shape index (κ2) is 32.2. The van der Waals surface area contributed by atoms with E-state index in [4.69, 9.17) is 15.0 Å². The minimum Gasteiger partial charge on any atom is -0.248 e. The molecule has 4 aromatic heterocycles. The Labute approximate surface area is 586 Å². The van der Waals surface area contributed by atoms with Crippen LogP contribution < -0.4 is 0 Å². The second-order valence-corrected chi connectivity index (χ2v) is 24.3. The molecular weight excluding hydrogens is 1220 g/mol. The molecule has 0 amide bonds. The number of nitrogens with zero attached hydrogens (tertiary/aromatic N) is 7. The van der Waals surface area contributed by atoms with Gasteiger partial charge in [-0.1, -0.05) is 340 Å². The lowest BCUT2D eigenvalue weighted by atomic mass is 10.0. The monoisotopic (exact) mass is 1290 g/mol. The predicted octanol–water partition coefficient (Wildman–Crippen LogP) is 23.7. The van der Waals surface area contributed by atoms with Gasteiger partial charge >= 0.3 is 0 Å². The first-order chi connectivity index (χ1) is 49.2. The van der Waals surface area contributed by atoms with Gasteiger partial charge in [0, 0.05) is 55.9 Å². The summed E-state index contributed by atoms with van der Waals surface area (Å²) in [6, 6.07) is 127. The molecule has 0 aliphatic rings. The molecule has 0 bridgehead atoms. The molecule has 0 aliphatic heterocycles. The van der Waals surface area contributed by atoms with E-state index in [2.05, 4.69) is 276 Å². The van der Waals surface area contributed by atoms with Crippen LogP contribution in [-0.2, 0) is 0 Å². The maximum Gasteiger partial charge on any atom is 0.160 e. The number of hydrogen-bond acceptors (Lipinski definition) is 7. The summed E-state index contributed by atoms with van der Waals surface area (Å²) in [5.41, 5.74) is 27.5. The molecule has 0 radical (unpaired) electrons. The number of aryl methyl sites for hydroxylation is 4. The third kappa shape index (κ3) is 17.2. The summed E-state index contributed by atoms with van der Waals surface area (Å²) in [5, 5.41) is 0. The van der Waals surface area contributed by atoms with Gasteiger partial charge in [-0.05, 0) is 108 Å². The van der Waals surface area contributed by atoms with Crippen molar-refractivity contribution in [2.24, 2.45) is 0 Å². The molecule has 0 saturated heterocycles. The fraction of sp³-hybridized carbons (Fsp3) is 0.0430. The van der Waals surface area contributed by atoms with Crippen molar-refractivity contribution in [3.63, 3.8) is 0 Å². The lowest BCUT2D eigenvalue weighted by Crippen LogP contribution is -1.95. The van der Waals surface area contributed by atoms with E-state index in [1.54, 1.807) is 0 Å². The van der Waals surface area contributed by atoms with Gasteiger partial charge in [0.15, 0.2) is 11.6 Å². The fourth-order valence-corrected chi connectivity index (χ4v) is 11.8. The van der Waals surface area contributed by atoms with E-state index in [-0.39, 0.29) is 0 Å². The third-order valence-electron chi connectivity index (χ3n) is 16.9. The number of rotatable bonds is 12. The van der Waals surface area contributed by atoms with E-state index in [9.17, 15) is 0 Å². The Morgan fingerprint density at radius 2 is 0.340 bits per heavy atom. The lowest BCUT2D eigenvalue weighted by molar-refractivity contribution is 1.06. The summed E-state index contributed by atoms with van der Waals surface area (Å²) in [4.78, 5) is 32.8. The van der Waals surface area contributed by atoms with Crippen LogP contribution in [0.5, 0.6) is 0 Å². The zero-order chi connectivity index (χ0) is 68.2. The maximum absolute atomic E-state index is 4.88. The minimum absolute atomic E-state index is 0.762. The highest BCUT2D eigenvalue weighted by Crippen LogP contribution is 2.32. The summed E-state index contributed by atoms with van der Waals surface area (Å²) in [5.74, 6) is 2.31. The fourth-order valence-electron chi connectivity index (χ4n) is 11.8. The largest absolute Gasteiger partial charge is 0.248 e. The molecule has 480 valence electrons. The topological polar surface area (TPSA) is 90.2 Å². The molecule has 16 rings (SSSR count). The van der Waals surface area contributed by atoms with Gasteiger partial charge in [0.1, 0.15) is 5.82 Å². The van der Waals surface area contributed by atoms with E-state index >= 15 is 0 Å². The zero-order valence-corrected chi connectivity index (χ0v) is 56.3. The zero-order valence-electron chi connectivity index (χ0n) is 56.3. The van der Waals surface area contributed by atoms with Gasteiger partial charge in [0.25, 0.3) is 0 Å². The highest BCUT2D eigenvalue weighted by atomic mass is 14.9. The Bertz CT molecular complexity index is 4570. The lowest BCUT2D eigenvalue weighted by Gasteiger charge is -2.08. The number of hydrogen-bond donors (Lipinski definition) is 0. The van der Waals surface area contributed by atoms with Crippen molar-refractivity contribution < 1.29 is 0 Å². The van der Waals surface area contributed by atoms with Crippen LogP contribution >= 0.6 is 0 Å². The Morgan fingerprint density at radius 1 is 0.150 bits per heavy atom. The van der Waals surface area contributed by atoms with E-state index in [1.165, 1.54) is 50.1 Å². The van der Waals surface area contributed by atoms with Crippen molar-refractivity contribution in [1.29, 1.82) is 0 Å². The van der Waals surface area contributed by atoms with Crippen LogP contribution in [0.1, 0.15) is 22.8 Å². The van der Waals surface area contributed by atoms with Crippen molar-refractivity contribution in [1.82, 2.24) is 34.9 Å². The molecule has 0 spiro atoms. The van der Waals surface area contributed by atoms with Gasteiger partial charge in [-0.2, -0.15) is 0 Å². The standard InChI is InChI=1S/C24H19N.3C23H18N2/c1-18-16-23(21-10-6-3-7-11-21)25-24(17-18)22-14-12-20(13-15-22)19-8-4-2-5-9-19;1-17-24-22(20-10-6-3-7-11-20)16-23(25-17)21-14-12-19(13-15-21)18-8-4-2-5-9-18;1-17-16-22(25-23(24-17)21-10-6-3-7-11-21)20-14-12-19(13-15-20)18-8-4-2-5-9-18;1-17-16-22(20-10-6-3-7-11-20)25-23(24-17)21-14-12-19(13-15-21)18-8-4-2-5-9-18/h2-17H,1H3;3*2-16H,1H3. The van der Waals surface area contributed by atoms with Gasteiger partial charge in [-0.3, -0.25) is 0 Å². The van der Waals surface area contributed by atoms with Crippen molar-refractivity contribution >= 4 is 0 Å². The SMILES string of the molecule is Cc1cc(-c2ccc(-c3ccccc3)cc2)nc(-c2ccccc2)n1.Cc1cc(-c2ccccc2)nc(-c2ccc(-c3ccccc3)cc2)c1.Cc1cc(-c2ccccc2)nc(-c2ccc(-c3ccccc3)cc2)n1.Cc1nc(-c2ccccc2)cc(-c2ccc(-c3ccccc3)cc2)n1. The highest BCUT2D eigenvalue weighted by molar-refractivity contribution is 5.76. The van der Waals surface area contributed by atoms with Crippen LogP contribution in [0.3, 0.4) is 0 Å². The Kier molecular flexibility index (Phi) is 21.1. The first-order valence-electron chi connectivity index (χ1n) is 33.6. The molecule has 100 heavy (non-hydrogen) atoms. The van der Waals surface area contributed by atoms with Gasteiger partial charge in [-0.15, -0.1) is 0 Å². The average Bonchev–Trinajstić information content (AvgIpc) is 0.842. The van der Waals surface area contributed by atoms with Crippen LogP contribution in [-0.4, -0.2) is 34.9 Å². The first-order valence-corrected chi connectivity index (χ1v) is 33.6. The van der Waals surface area contributed by atoms with Gasteiger partial charge < -0.3 is 0 Å². The third-order valence-corrected chi connectivity index (χ3v) is 16.9. The Morgan fingerprint density at radius 3 is 0.620 bits per heavy atom. The normalized spacial score (nSPS) is 10.6. The molecule has 16 aromatic rings. The molecule has 7 heteroatoms. The molecule has 4 heterocycles. The van der Waals surface area contributed by atoms with E-state index in [0.717, 1.165) is 108 Å². The highest BCUT2D eigenvalue weighted by Gasteiger charge is 2.13. The van der Waals surface area contributed by atoms with E-state index in [1.807, 2.05) is 142 Å². The van der Waals surface area contributed by atoms with E-state index in [0.29, 0.717) is 0 Å². The molecule has 7 nitrogen and oxygen atoms in total. The van der Waals surface area contributed by atoms with Crippen LogP contribution in [0.4, 0.5) is 0 Å². The number of benzene rings is 12. The van der Waals surface area contributed by atoms with Crippen LogP contribution in [0.25, 0.3) is 135 Å². The maximum atomic E-state index is 4.88. The Hall–Kier alpha value is -13.0. The summed E-state index contributed by atoms with van der Waals surface area (Å²) < 4.78 is 0. The molecule has 0 atom stereocenters. The molecule has 0 N–H and O–H groups in total. The average molecular weight is 1290 g/mol. The summed E-state index contributed by atoms with van der Waals surface area (Å²) in [7, 11) is 0. The van der Waals surface area contributed by atoms with Crippen molar-refractivity contribution in [2.75, 3.05) is 0 Å². The Balaban J connectivity index is 0.000000119. The van der Waals surface area contributed by atoms with E-state index < -0.39 is 0 Å². The predicted molar refractivity (Wildman–Crippen MR) is 415 cm³/mol. The van der Waals surface area contributed by atoms with Gasteiger partial charge in [0.2, 0.25) is 0 Å². The minimum atomic E-state index is 0.762. The van der Waals surface area contributed by atoms with Crippen molar-refractivity contribution in [2.45, 2.75) is 27.7 Å². The first kappa shape index (κ1) is 65.7. The summed E-state index contributed by atoms with van der Waals surface area (Å²) in [6.07, 6.45) is 0. The summed E-state index contributed by atoms with van der Waals surface area (Å²) >= 11 is 0. The molecule has 0 unspecified atom stereocenters. The molecular formula is C93H73N7. The van der Waals surface area contributed by atoms with Crippen molar-refractivity contribution in [3.05, 3.63) is 393 Å². The van der Waals surface area contributed by atoms with Crippen LogP contribution in [0.15, 0.2) is 370 Å². The second-order valence-electron chi connectivity index (χ2n) is 24.3. The van der Waals surface area contributed by atoms with Crippen LogP contribution in [0, 0.1) is 27.7 Å². The molecule has 0 fully saturated rings. The molecule has 0 saturated carbocycles. The van der Waals surface area contributed by atoms with Crippen molar-refractivity contribution in [3.8, 4) is 135 Å². The molecule has 12 aromatic carbocycles. The molecule has 0 aliphatic carbocycles. The van der Waals surface area contributed by atoms with Gasteiger partial charge in [-0.25, -0.2) is 34.9 Å². The summed E-state index contributed by atoms with van der Waals surface area (Å²) in [6.45, 7) is 8.08.